The minimum absolute atomic E-state index is 0.0951. The van der Waals surface area contributed by atoms with E-state index in [9.17, 15) is 22.4 Å². The van der Waals surface area contributed by atoms with Crippen molar-refractivity contribution < 1.29 is 27.1 Å². The van der Waals surface area contributed by atoms with Crippen molar-refractivity contribution in [2.75, 3.05) is 13.2 Å². The summed E-state index contributed by atoms with van der Waals surface area (Å²) in [6.45, 7) is 2.69. The molecule has 2 aromatic rings. The molecule has 0 aromatic heterocycles. The quantitative estimate of drug-likeness (QED) is 0.415. The lowest BCUT2D eigenvalue weighted by Gasteiger charge is -2.11. The number of rotatable bonds is 7. The van der Waals surface area contributed by atoms with Crippen molar-refractivity contribution >= 4 is 6.29 Å². The summed E-state index contributed by atoms with van der Waals surface area (Å²) < 4.78 is 61.3. The maximum atomic E-state index is 14.2. The first-order valence-corrected chi connectivity index (χ1v) is 7.49. The van der Waals surface area contributed by atoms with Crippen LogP contribution in [0.15, 0.2) is 24.3 Å². The standard InChI is InChI=1S/C18H16F4O2/c1-2-8-24-9-7-11-3-5-13(17(21)15(11)19)14-6-4-12(10-23)16(20)18(14)22/h3-6,10H,2,7-9H2,1H3. The third-order valence-corrected chi connectivity index (χ3v) is 3.56. The van der Waals surface area contributed by atoms with Gasteiger partial charge in [-0.25, -0.2) is 17.6 Å². The molecule has 0 radical (unpaired) electrons. The van der Waals surface area contributed by atoms with Gasteiger partial charge >= 0.3 is 0 Å². The summed E-state index contributed by atoms with van der Waals surface area (Å²) in [6, 6.07) is 4.56. The highest BCUT2D eigenvalue weighted by Gasteiger charge is 2.20. The Hall–Kier alpha value is -2.21. The first-order chi connectivity index (χ1) is 11.5. The van der Waals surface area contributed by atoms with Crippen LogP contribution in [0.1, 0.15) is 29.3 Å². The lowest BCUT2D eigenvalue weighted by atomic mass is 9.99. The lowest BCUT2D eigenvalue weighted by molar-refractivity contribution is 0.111. The van der Waals surface area contributed by atoms with Crippen LogP contribution in [-0.2, 0) is 11.2 Å². The zero-order valence-electron chi connectivity index (χ0n) is 13.0. The molecular weight excluding hydrogens is 324 g/mol. The van der Waals surface area contributed by atoms with Crippen LogP contribution in [-0.4, -0.2) is 19.5 Å². The highest BCUT2D eigenvalue weighted by Crippen LogP contribution is 2.30. The van der Waals surface area contributed by atoms with Crippen LogP contribution in [0.4, 0.5) is 17.6 Å². The van der Waals surface area contributed by atoms with Gasteiger partial charge in [0.1, 0.15) is 0 Å². The minimum atomic E-state index is -1.39. The van der Waals surface area contributed by atoms with Crippen LogP contribution in [0.5, 0.6) is 0 Å². The maximum absolute atomic E-state index is 14.2. The molecule has 6 heteroatoms. The van der Waals surface area contributed by atoms with Crippen LogP contribution in [0, 0.1) is 23.3 Å². The van der Waals surface area contributed by atoms with E-state index in [0.29, 0.717) is 6.61 Å². The smallest absolute Gasteiger partial charge is 0.169 e. The van der Waals surface area contributed by atoms with E-state index in [0.717, 1.165) is 18.6 Å². The molecule has 0 aliphatic heterocycles. The maximum Gasteiger partial charge on any atom is 0.169 e. The van der Waals surface area contributed by atoms with Crippen molar-refractivity contribution in [3.8, 4) is 11.1 Å². The van der Waals surface area contributed by atoms with Crippen LogP contribution >= 0.6 is 0 Å². The number of benzene rings is 2. The van der Waals surface area contributed by atoms with E-state index in [4.69, 9.17) is 4.74 Å². The molecule has 0 aliphatic rings. The molecule has 0 spiro atoms. The second kappa shape index (κ2) is 8.06. The zero-order chi connectivity index (χ0) is 17.7. The van der Waals surface area contributed by atoms with Crippen molar-refractivity contribution in [3.05, 3.63) is 58.7 Å². The molecule has 2 aromatic carbocycles. The van der Waals surface area contributed by atoms with E-state index in [1.807, 2.05) is 6.92 Å². The molecule has 0 bridgehead atoms. The molecule has 0 saturated heterocycles. The number of halogens is 4. The number of hydrogen-bond acceptors (Lipinski definition) is 2. The Balaban J connectivity index is 2.34. The van der Waals surface area contributed by atoms with Gasteiger partial charge in [-0.15, -0.1) is 0 Å². The van der Waals surface area contributed by atoms with Gasteiger partial charge in [-0.3, -0.25) is 4.79 Å². The van der Waals surface area contributed by atoms with Crippen molar-refractivity contribution in [1.82, 2.24) is 0 Å². The van der Waals surface area contributed by atoms with Crippen LogP contribution in [0.25, 0.3) is 11.1 Å². The Labute approximate surface area is 137 Å². The predicted octanol–water partition coefficient (Wildman–Crippen LogP) is 4.69. The number of ether oxygens (including phenoxy) is 1. The van der Waals surface area contributed by atoms with E-state index in [2.05, 4.69) is 0 Å². The summed E-state index contributed by atoms with van der Waals surface area (Å²) >= 11 is 0. The topological polar surface area (TPSA) is 26.3 Å². The summed E-state index contributed by atoms with van der Waals surface area (Å²) in [7, 11) is 0. The van der Waals surface area contributed by atoms with E-state index < -0.39 is 40.0 Å². The number of aldehydes is 1. The molecule has 0 aliphatic carbocycles. The summed E-state index contributed by atoms with van der Waals surface area (Å²) in [5, 5.41) is 0. The average Bonchev–Trinajstić information content (AvgIpc) is 2.58. The Morgan fingerprint density at radius 3 is 2.12 bits per heavy atom. The predicted molar refractivity (Wildman–Crippen MR) is 81.9 cm³/mol. The first-order valence-electron chi connectivity index (χ1n) is 7.49. The van der Waals surface area contributed by atoms with Crippen LogP contribution < -0.4 is 0 Å². The van der Waals surface area contributed by atoms with E-state index in [1.54, 1.807) is 0 Å². The lowest BCUT2D eigenvalue weighted by Crippen LogP contribution is -2.04. The minimum Gasteiger partial charge on any atom is -0.381 e. The summed E-state index contributed by atoms with van der Waals surface area (Å²) in [4.78, 5) is 10.6. The molecule has 0 unspecified atom stereocenters. The van der Waals surface area contributed by atoms with Gasteiger partial charge in [0.2, 0.25) is 0 Å². The molecular formula is C18H16F4O2. The summed E-state index contributed by atoms with van der Waals surface area (Å²) in [5.74, 6) is -5.16. The van der Waals surface area contributed by atoms with Gasteiger partial charge < -0.3 is 4.74 Å². The molecule has 128 valence electrons. The van der Waals surface area contributed by atoms with E-state index in [-0.39, 0.29) is 24.9 Å². The SMILES string of the molecule is CCCOCCc1ccc(-c2ccc(C=O)c(F)c2F)c(F)c1F. The third-order valence-electron chi connectivity index (χ3n) is 3.56. The van der Waals surface area contributed by atoms with Crippen molar-refractivity contribution in [2.24, 2.45) is 0 Å². The Morgan fingerprint density at radius 1 is 0.875 bits per heavy atom. The van der Waals surface area contributed by atoms with Gasteiger partial charge in [-0.2, -0.15) is 0 Å². The van der Waals surface area contributed by atoms with Gasteiger partial charge in [0, 0.05) is 17.7 Å². The van der Waals surface area contributed by atoms with Gasteiger partial charge in [-0.1, -0.05) is 25.1 Å². The monoisotopic (exact) mass is 340 g/mol. The Kier molecular flexibility index (Phi) is 6.09. The van der Waals surface area contributed by atoms with Gasteiger partial charge in [-0.05, 0) is 24.5 Å². The van der Waals surface area contributed by atoms with Gasteiger partial charge in [0.15, 0.2) is 29.6 Å². The fourth-order valence-corrected chi connectivity index (χ4v) is 2.28. The normalized spacial score (nSPS) is 10.9. The molecule has 2 nitrogen and oxygen atoms in total. The van der Waals surface area contributed by atoms with E-state index in [1.165, 1.54) is 12.1 Å². The second-order valence-electron chi connectivity index (χ2n) is 5.21. The Bertz CT molecular complexity index is 744. The summed E-state index contributed by atoms with van der Waals surface area (Å²) in [6.07, 6.45) is 1.14. The molecule has 0 fully saturated rings. The molecule has 0 N–H and O–H groups in total. The summed E-state index contributed by atoms with van der Waals surface area (Å²) in [5.41, 5.74) is -1.23. The highest BCUT2D eigenvalue weighted by molar-refractivity contribution is 5.78. The van der Waals surface area contributed by atoms with E-state index >= 15 is 0 Å². The van der Waals surface area contributed by atoms with Crippen molar-refractivity contribution in [3.63, 3.8) is 0 Å². The van der Waals surface area contributed by atoms with Crippen molar-refractivity contribution in [1.29, 1.82) is 0 Å². The zero-order valence-corrected chi connectivity index (χ0v) is 13.0. The highest BCUT2D eigenvalue weighted by atomic mass is 19.2. The third kappa shape index (κ3) is 3.64. The Morgan fingerprint density at radius 2 is 1.50 bits per heavy atom. The molecule has 0 atom stereocenters. The van der Waals surface area contributed by atoms with Crippen molar-refractivity contribution in [2.45, 2.75) is 19.8 Å². The van der Waals surface area contributed by atoms with Crippen LogP contribution in [0.2, 0.25) is 0 Å². The fraction of sp³-hybridized carbons (Fsp3) is 0.278. The second-order valence-corrected chi connectivity index (χ2v) is 5.21. The van der Waals surface area contributed by atoms with Crippen LogP contribution in [0.3, 0.4) is 0 Å². The molecule has 0 amide bonds. The molecule has 24 heavy (non-hydrogen) atoms. The first kappa shape index (κ1) is 18.1. The largest absolute Gasteiger partial charge is 0.381 e. The molecule has 0 saturated carbocycles. The van der Waals surface area contributed by atoms with Gasteiger partial charge in [0.05, 0.1) is 12.2 Å². The number of carbonyl (C=O) groups is 1. The van der Waals surface area contributed by atoms with Gasteiger partial charge in [0.25, 0.3) is 0 Å². The number of carbonyl (C=O) groups excluding carboxylic acids is 1. The fourth-order valence-electron chi connectivity index (χ4n) is 2.28. The average molecular weight is 340 g/mol. The molecule has 0 heterocycles. The number of hydrogen-bond donors (Lipinski definition) is 0. The molecule has 2 rings (SSSR count).